The van der Waals surface area contributed by atoms with Gasteiger partial charge in [-0.05, 0) is 19.8 Å². The summed E-state index contributed by atoms with van der Waals surface area (Å²) in [6, 6.07) is 0. The molecule has 12 heavy (non-hydrogen) atoms. The molecular weight excluding hydrogens is 171 g/mol. The molecule has 0 amide bonds. The van der Waals surface area contributed by atoms with Crippen molar-refractivity contribution in [3.8, 4) is 0 Å². The summed E-state index contributed by atoms with van der Waals surface area (Å²) in [6.45, 7) is 4.78. The van der Waals surface area contributed by atoms with Crippen molar-refractivity contribution in [3.05, 3.63) is 0 Å². The molecule has 0 saturated carbocycles. The lowest BCUT2D eigenvalue weighted by Gasteiger charge is -2.22. The van der Waals surface area contributed by atoms with Crippen LogP contribution in [0.4, 0.5) is 0 Å². The number of Topliss-reactive ketones (excluding diaryl/α,β-unsaturated/α-hetero) is 1. The maximum absolute atomic E-state index is 11.0. The van der Waals surface area contributed by atoms with Gasteiger partial charge in [0.1, 0.15) is 11.2 Å². The van der Waals surface area contributed by atoms with E-state index in [9.17, 15) is 9.59 Å². The van der Waals surface area contributed by atoms with Gasteiger partial charge in [0.2, 0.25) is 0 Å². The fourth-order valence-electron chi connectivity index (χ4n) is 1.20. The van der Waals surface area contributed by atoms with Gasteiger partial charge in [-0.1, -0.05) is 13.8 Å². The Morgan fingerprint density at radius 3 is 1.58 bits per heavy atom. The second-order valence-corrected chi connectivity index (χ2v) is 2.65. The van der Waals surface area contributed by atoms with E-state index in [0.717, 1.165) is 0 Å². The Morgan fingerprint density at radius 1 is 1.25 bits per heavy atom. The van der Waals surface area contributed by atoms with Crippen molar-refractivity contribution >= 4 is 29.1 Å². The van der Waals surface area contributed by atoms with Crippen LogP contribution >= 0.6 is 0 Å². The lowest BCUT2D eigenvalue weighted by Crippen LogP contribution is -2.36. The van der Waals surface area contributed by atoms with Crippen molar-refractivity contribution in [3.63, 3.8) is 0 Å². The molecule has 0 atom stereocenters. The number of carboxylic acids is 1. The predicted molar refractivity (Wildman–Crippen MR) is 51.3 cm³/mol. The van der Waals surface area contributed by atoms with Crippen molar-refractivity contribution in [1.82, 2.24) is 0 Å². The summed E-state index contributed by atoms with van der Waals surface area (Å²) in [5, 5.41) is 8.77. The third kappa shape index (κ3) is 2.33. The summed E-state index contributed by atoms with van der Waals surface area (Å²) in [4.78, 5) is 21.7. The highest BCUT2D eigenvalue weighted by molar-refractivity contribution is 6.01. The van der Waals surface area contributed by atoms with E-state index >= 15 is 0 Å². The molecule has 0 radical (unpaired) electrons. The first kappa shape index (κ1) is 14.2. The van der Waals surface area contributed by atoms with Crippen LogP contribution in [0.2, 0.25) is 0 Å². The first-order valence-electron chi connectivity index (χ1n) is 3.75. The van der Waals surface area contributed by atoms with E-state index in [1.807, 2.05) is 0 Å². The molecule has 0 spiro atoms. The van der Waals surface area contributed by atoms with E-state index in [2.05, 4.69) is 0 Å². The van der Waals surface area contributed by atoms with Gasteiger partial charge in [0, 0.05) is 0 Å². The number of hydrogen-bond acceptors (Lipinski definition) is 2. The highest BCUT2D eigenvalue weighted by atomic mass is 27.0. The Bertz CT molecular complexity index is 157. The van der Waals surface area contributed by atoms with E-state index in [4.69, 9.17) is 5.11 Å². The fourth-order valence-corrected chi connectivity index (χ4v) is 1.20. The van der Waals surface area contributed by atoms with Gasteiger partial charge in [-0.2, -0.15) is 0 Å². The van der Waals surface area contributed by atoms with Gasteiger partial charge in [0.05, 0.1) is 0 Å². The first-order valence-corrected chi connectivity index (χ1v) is 3.75. The predicted octanol–water partition coefficient (Wildman–Crippen LogP) is 0.282. The van der Waals surface area contributed by atoms with E-state index < -0.39 is 11.4 Å². The molecule has 0 aliphatic rings. The van der Waals surface area contributed by atoms with Gasteiger partial charge in [0.25, 0.3) is 0 Å². The summed E-state index contributed by atoms with van der Waals surface area (Å²) in [7, 11) is 0. The summed E-state index contributed by atoms with van der Waals surface area (Å²) in [5.41, 5.74) is -1.14. The number of hydrogen-bond donors (Lipinski definition) is 1. The van der Waals surface area contributed by atoms with Gasteiger partial charge >= 0.3 is 5.97 Å². The average Bonchev–Trinajstić information content (AvgIpc) is 1.90. The second-order valence-electron chi connectivity index (χ2n) is 2.65. The monoisotopic (exact) mass is 188 g/mol. The largest absolute Gasteiger partial charge is 0.480 e. The molecule has 0 heterocycles. The lowest BCUT2D eigenvalue weighted by molar-refractivity contribution is -0.154. The maximum Gasteiger partial charge on any atom is 0.317 e. The maximum atomic E-state index is 11.0. The normalized spacial score (nSPS) is 10.2. The van der Waals surface area contributed by atoms with Crippen LogP contribution in [0.5, 0.6) is 0 Å². The third-order valence-electron chi connectivity index (χ3n) is 2.29. The number of carbonyl (C=O) groups excluding carboxylic acids is 1. The molecule has 70 valence electrons. The zero-order chi connectivity index (χ0) is 9.07. The minimum atomic E-state index is -1.14. The lowest BCUT2D eigenvalue weighted by atomic mass is 9.79. The van der Waals surface area contributed by atoms with Crippen LogP contribution in [0.1, 0.15) is 33.6 Å². The smallest absolute Gasteiger partial charge is 0.317 e. The molecule has 0 bridgehead atoms. The molecule has 0 saturated heterocycles. The zero-order valence-electron chi connectivity index (χ0n) is 7.18. The summed E-state index contributed by atoms with van der Waals surface area (Å²) < 4.78 is 0. The first-order chi connectivity index (χ1) is 5.01. The molecule has 0 fully saturated rings. The van der Waals surface area contributed by atoms with Crippen molar-refractivity contribution < 1.29 is 14.7 Å². The van der Waals surface area contributed by atoms with Crippen LogP contribution < -0.4 is 0 Å². The van der Waals surface area contributed by atoms with Gasteiger partial charge in [0.15, 0.2) is 17.4 Å². The minimum absolute atomic E-state index is 0. The molecule has 0 aliphatic carbocycles. The van der Waals surface area contributed by atoms with E-state index in [1.165, 1.54) is 6.92 Å². The van der Waals surface area contributed by atoms with Crippen LogP contribution in [0, 0.1) is 5.41 Å². The topological polar surface area (TPSA) is 54.4 Å². The second kappa shape index (κ2) is 5.34. The Hall–Kier alpha value is -0.328. The van der Waals surface area contributed by atoms with E-state index in [0.29, 0.717) is 12.8 Å². The number of aliphatic carboxylic acids is 1. The molecule has 1 N–H and O–H groups in total. The summed E-state index contributed by atoms with van der Waals surface area (Å²) in [5.74, 6) is -1.26. The molecule has 0 aromatic heterocycles. The average molecular weight is 188 g/mol. The number of carbonyl (C=O) groups is 2. The molecule has 0 aliphatic heterocycles. The SMILES string of the molecule is CCC(CC)(C(C)=O)C(=O)O.[AlH3]. The molecular formula is C8H17AlO3. The Labute approximate surface area is 83.3 Å². The van der Waals surface area contributed by atoms with Crippen LogP contribution in [0.15, 0.2) is 0 Å². The van der Waals surface area contributed by atoms with Crippen molar-refractivity contribution in [2.45, 2.75) is 33.6 Å². The number of ketones is 1. The Kier molecular flexibility index (Phi) is 6.33. The van der Waals surface area contributed by atoms with Crippen molar-refractivity contribution in [2.24, 2.45) is 5.41 Å². The van der Waals surface area contributed by atoms with E-state index in [-0.39, 0.29) is 23.1 Å². The number of rotatable bonds is 4. The molecule has 0 rings (SSSR count). The van der Waals surface area contributed by atoms with Gasteiger partial charge in [-0.3, -0.25) is 9.59 Å². The summed E-state index contributed by atoms with van der Waals surface area (Å²) >= 11 is 0. The molecule has 3 nitrogen and oxygen atoms in total. The number of carboxylic acid groups (broad SMARTS) is 1. The highest BCUT2D eigenvalue weighted by Gasteiger charge is 2.39. The van der Waals surface area contributed by atoms with Gasteiger partial charge in [-0.25, -0.2) is 0 Å². The molecule has 4 heteroatoms. The van der Waals surface area contributed by atoms with Gasteiger partial charge < -0.3 is 5.11 Å². The quantitative estimate of drug-likeness (QED) is 0.509. The van der Waals surface area contributed by atoms with E-state index in [1.54, 1.807) is 13.8 Å². The Balaban J connectivity index is 0. The summed E-state index contributed by atoms with van der Waals surface area (Å²) in [6.07, 6.45) is 0.738. The zero-order valence-corrected chi connectivity index (χ0v) is 7.18. The van der Waals surface area contributed by atoms with Crippen LogP contribution in [0.25, 0.3) is 0 Å². The molecule has 0 aromatic carbocycles. The van der Waals surface area contributed by atoms with Crippen LogP contribution in [-0.4, -0.2) is 34.2 Å². The molecule has 0 unspecified atom stereocenters. The highest BCUT2D eigenvalue weighted by Crippen LogP contribution is 2.27. The minimum Gasteiger partial charge on any atom is -0.480 e. The Morgan fingerprint density at radius 2 is 1.58 bits per heavy atom. The van der Waals surface area contributed by atoms with Crippen molar-refractivity contribution in [2.75, 3.05) is 0 Å². The fraction of sp³-hybridized carbons (Fsp3) is 0.750. The third-order valence-corrected chi connectivity index (χ3v) is 2.29. The van der Waals surface area contributed by atoms with Crippen molar-refractivity contribution in [1.29, 1.82) is 0 Å². The van der Waals surface area contributed by atoms with Gasteiger partial charge in [-0.15, -0.1) is 0 Å². The van der Waals surface area contributed by atoms with Crippen LogP contribution in [0.3, 0.4) is 0 Å². The molecule has 0 aromatic rings. The van der Waals surface area contributed by atoms with Crippen LogP contribution in [-0.2, 0) is 9.59 Å². The standard InChI is InChI=1S/C8H14O3.Al.3H/c1-4-8(5-2,6(3)9)7(10)11;;;;/h4-5H2,1-3H3,(H,10,11);;;;.